The third-order valence-electron chi connectivity index (χ3n) is 5.03. The SMILES string of the molecule is Cc1ccc(Cl)c2sc(N(Cc3cccnc3)C(=O)c3nnc4n3CCC4)nc12. The largest absolute Gasteiger partial charge is 0.307 e. The molecule has 7 nitrogen and oxygen atoms in total. The number of aromatic nitrogens is 5. The Hall–Kier alpha value is -2.84. The van der Waals surface area contributed by atoms with E-state index in [1.54, 1.807) is 17.3 Å². The lowest BCUT2D eigenvalue weighted by atomic mass is 10.2. The van der Waals surface area contributed by atoms with E-state index in [4.69, 9.17) is 16.6 Å². The molecule has 0 radical (unpaired) electrons. The highest BCUT2D eigenvalue weighted by atomic mass is 35.5. The van der Waals surface area contributed by atoms with Crippen LogP contribution in [0.4, 0.5) is 5.13 Å². The number of anilines is 1. The molecule has 1 aromatic carbocycles. The molecule has 0 aliphatic carbocycles. The van der Waals surface area contributed by atoms with Gasteiger partial charge in [0, 0.05) is 25.4 Å². The number of aryl methyl sites for hydroxylation is 2. The third kappa shape index (κ3) is 3.18. The number of carbonyl (C=O) groups excluding carboxylic acids is 1. The van der Waals surface area contributed by atoms with E-state index in [0.717, 1.165) is 46.6 Å². The van der Waals surface area contributed by atoms with Crippen molar-refractivity contribution in [1.82, 2.24) is 24.7 Å². The summed E-state index contributed by atoms with van der Waals surface area (Å²) in [6, 6.07) is 7.59. The number of amides is 1. The zero-order valence-electron chi connectivity index (χ0n) is 15.7. The molecule has 0 N–H and O–H groups in total. The number of nitrogens with zero attached hydrogens (tertiary/aromatic N) is 6. The smallest absolute Gasteiger partial charge is 0.298 e. The number of hydrogen-bond acceptors (Lipinski definition) is 6. The van der Waals surface area contributed by atoms with Gasteiger partial charge < -0.3 is 4.57 Å². The predicted molar refractivity (Wildman–Crippen MR) is 112 cm³/mol. The van der Waals surface area contributed by atoms with Crippen LogP contribution in [0.25, 0.3) is 10.2 Å². The zero-order chi connectivity index (χ0) is 20.0. The van der Waals surface area contributed by atoms with Crippen molar-refractivity contribution in [3.8, 4) is 0 Å². The summed E-state index contributed by atoms with van der Waals surface area (Å²) < 4.78 is 2.78. The van der Waals surface area contributed by atoms with Gasteiger partial charge in [0.1, 0.15) is 5.82 Å². The molecule has 0 saturated carbocycles. The minimum Gasteiger partial charge on any atom is -0.307 e. The molecule has 1 amide bonds. The van der Waals surface area contributed by atoms with Crippen LogP contribution in [0.2, 0.25) is 5.02 Å². The van der Waals surface area contributed by atoms with E-state index >= 15 is 0 Å². The Morgan fingerprint density at radius 1 is 1.31 bits per heavy atom. The molecule has 0 unspecified atom stereocenters. The van der Waals surface area contributed by atoms with E-state index in [1.165, 1.54) is 11.3 Å². The van der Waals surface area contributed by atoms with Crippen molar-refractivity contribution >= 4 is 44.2 Å². The maximum Gasteiger partial charge on any atom is 0.298 e. The van der Waals surface area contributed by atoms with Gasteiger partial charge in [-0.1, -0.05) is 35.1 Å². The van der Waals surface area contributed by atoms with Crippen LogP contribution < -0.4 is 4.90 Å². The van der Waals surface area contributed by atoms with Crippen LogP contribution >= 0.6 is 22.9 Å². The maximum atomic E-state index is 13.5. The molecule has 5 rings (SSSR count). The summed E-state index contributed by atoms with van der Waals surface area (Å²) >= 11 is 7.80. The van der Waals surface area contributed by atoms with Crippen LogP contribution in [0, 0.1) is 6.92 Å². The monoisotopic (exact) mass is 424 g/mol. The average Bonchev–Trinajstić information content (AvgIpc) is 3.45. The number of hydrogen-bond donors (Lipinski definition) is 0. The lowest BCUT2D eigenvalue weighted by molar-refractivity contribution is 0.0970. The van der Waals surface area contributed by atoms with Crippen molar-refractivity contribution in [1.29, 1.82) is 0 Å². The van der Waals surface area contributed by atoms with Crippen molar-refractivity contribution in [2.24, 2.45) is 0 Å². The molecule has 0 atom stereocenters. The van der Waals surface area contributed by atoms with Crippen molar-refractivity contribution in [3.05, 3.63) is 64.5 Å². The Morgan fingerprint density at radius 3 is 3.00 bits per heavy atom. The fourth-order valence-electron chi connectivity index (χ4n) is 3.54. The van der Waals surface area contributed by atoms with Crippen LogP contribution in [0.1, 0.15) is 34.0 Å². The first-order valence-electron chi connectivity index (χ1n) is 9.30. The molecule has 3 aromatic heterocycles. The average molecular weight is 425 g/mol. The summed E-state index contributed by atoms with van der Waals surface area (Å²) in [5.41, 5.74) is 2.74. The van der Waals surface area contributed by atoms with Gasteiger partial charge in [-0.15, -0.1) is 10.2 Å². The Labute approximate surface area is 176 Å². The number of thiazole rings is 1. The number of benzene rings is 1. The van der Waals surface area contributed by atoms with Gasteiger partial charge in [-0.05, 0) is 36.6 Å². The molecule has 0 bridgehead atoms. The summed E-state index contributed by atoms with van der Waals surface area (Å²) in [6.45, 7) is 3.08. The van der Waals surface area contributed by atoms with Crippen molar-refractivity contribution in [2.45, 2.75) is 32.9 Å². The lowest BCUT2D eigenvalue weighted by Gasteiger charge is -2.19. The number of carbonyl (C=O) groups is 1. The second-order valence-corrected chi connectivity index (χ2v) is 8.37. The fraction of sp³-hybridized carbons (Fsp3) is 0.250. The molecular weight excluding hydrogens is 408 g/mol. The van der Waals surface area contributed by atoms with Crippen LogP contribution in [0.15, 0.2) is 36.7 Å². The van der Waals surface area contributed by atoms with E-state index in [2.05, 4.69) is 15.2 Å². The second-order valence-electron chi connectivity index (χ2n) is 6.99. The van der Waals surface area contributed by atoms with Gasteiger partial charge in [0.15, 0.2) is 5.13 Å². The predicted octanol–water partition coefficient (Wildman–Crippen LogP) is 4.04. The molecule has 1 aliphatic heterocycles. The van der Waals surface area contributed by atoms with Gasteiger partial charge in [0.2, 0.25) is 5.82 Å². The molecule has 0 fully saturated rings. The lowest BCUT2D eigenvalue weighted by Crippen LogP contribution is -2.32. The first-order valence-corrected chi connectivity index (χ1v) is 10.5. The highest BCUT2D eigenvalue weighted by Gasteiger charge is 2.29. The van der Waals surface area contributed by atoms with Gasteiger partial charge in [-0.3, -0.25) is 14.7 Å². The Morgan fingerprint density at radius 2 is 2.21 bits per heavy atom. The topological polar surface area (TPSA) is 76.8 Å². The number of halogens is 1. The molecule has 29 heavy (non-hydrogen) atoms. The summed E-state index contributed by atoms with van der Waals surface area (Å²) in [6.07, 6.45) is 5.28. The van der Waals surface area contributed by atoms with E-state index in [9.17, 15) is 4.79 Å². The fourth-order valence-corrected chi connectivity index (χ4v) is 4.85. The number of pyridine rings is 1. The third-order valence-corrected chi connectivity index (χ3v) is 6.56. The van der Waals surface area contributed by atoms with Crippen LogP contribution in [0.3, 0.4) is 0 Å². The Balaban J connectivity index is 1.61. The molecule has 1 aliphatic rings. The van der Waals surface area contributed by atoms with Gasteiger partial charge in [-0.25, -0.2) is 4.98 Å². The zero-order valence-corrected chi connectivity index (χ0v) is 17.2. The molecular formula is C20H17ClN6OS. The molecule has 4 aromatic rings. The van der Waals surface area contributed by atoms with Crippen LogP contribution in [-0.2, 0) is 19.5 Å². The van der Waals surface area contributed by atoms with Gasteiger partial charge in [0.05, 0.1) is 21.8 Å². The first kappa shape index (κ1) is 18.2. The minimum absolute atomic E-state index is 0.220. The van der Waals surface area contributed by atoms with Crippen molar-refractivity contribution in [3.63, 3.8) is 0 Å². The molecule has 9 heteroatoms. The normalized spacial score (nSPS) is 13.0. The van der Waals surface area contributed by atoms with Crippen LogP contribution in [-0.4, -0.2) is 30.6 Å². The van der Waals surface area contributed by atoms with E-state index in [0.29, 0.717) is 22.5 Å². The standard InChI is InChI=1S/C20H17ClN6OS/c1-12-6-7-14(21)17-16(12)23-20(29-17)27(11-13-4-2-8-22-10-13)19(28)18-25-24-15-5-3-9-26(15)18/h2,4,6-8,10H,3,5,9,11H2,1H3. The molecule has 4 heterocycles. The minimum atomic E-state index is -0.220. The quantitative estimate of drug-likeness (QED) is 0.494. The summed E-state index contributed by atoms with van der Waals surface area (Å²) in [7, 11) is 0. The second kappa shape index (κ2) is 7.20. The van der Waals surface area contributed by atoms with Gasteiger partial charge in [0.25, 0.3) is 5.91 Å². The van der Waals surface area contributed by atoms with Crippen LogP contribution in [0.5, 0.6) is 0 Å². The van der Waals surface area contributed by atoms with Gasteiger partial charge >= 0.3 is 0 Å². The Kier molecular flexibility index (Phi) is 4.52. The Bertz CT molecular complexity index is 1180. The van der Waals surface area contributed by atoms with E-state index in [1.807, 2.05) is 35.8 Å². The van der Waals surface area contributed by atoms with E-state index in [-0.39, 0.29) is 5.91 Å². The maximum absolute atomic E-state index is 13.5. The molecule has 0 spiro atoms. The first-order chi connectivity index (χ1) is 14.1. The summed E-state index contributed by atoms with van der Waals surface area (Å²) in [4.78, 5) is 24.1. The van der Waals surface area contributed by atoms with Crippen molar-refractivity contribution < 1.29 is 4.79 Å². The highest BCUT2D eigenvalue weighted by molar-refractivity contribution is 7.23. The summed E-state index contributed by atoms with van der Waals surface area (Å²) in [5.74, 6) is 0.990. The van der Waals surface area contributed by atoms with Crippen molar-refractivity contribution in [2.75, 3.05) is 4.90 Å². The number of rotatable bonds is 4. The molecule has 0 saturated heterocycles. The number of fused-ring (bicyclic) bond motifs is 2. The summed E-state index contributed by atoms with van der Waals surface area (Å²) in [5, 5.41) is 9.57. The van der Waals surface area contributed by atoms with E-state index < -0.39 is 0 Å². The molecule has 146 valence electrons. The van der Waals surface area contributed by atoms with Gasteiger partial charge in [-0.2, -0.15) is 0 Å². The highest BCUT2D eigenvalue weighted by Crippen LogP contribution is 2.36.